The highest BCUT2D eigenvalue weighted by atomic mass is 16.5. The molecule has 1 aromatic carbocycles. The van der Waals surface area contributed by atoms with Crippen LogP contribution < -0.4 is 16.2 Å². The van der Waals surface area contributed by atoms with Crippen LogP contribution in [0, 0.1) is 0 Å². The molecule has 1 unspecified atom stereocenters. The van der Waals surface area contributed by atoms with E-state index in [1.54, 1.807) is 18.2 Å². The third kappa shape index (κ3) is 2.23. The summed E-state index contributed by atoms with van der Waals surface area (Å²) in [6.45, 7) is 2.40. The lowest BCUT2D eigenvalue weighted by Gasteiger charge is -2.13. The Labute approximate surface area is 82.8 Å². The van der Waals surface area contributed by atoms with Crippen LogP contribution in [0.15, 0.2) is 24.3 Å². The minimum absolute atomic E-state index is 0.530. The van der Waals surface area contributed by atoms with Crippen LogP contribution >= 0.6 is 0 Å². The summed E-state index contributed by atoms with van der Waals surface area (Å²) >= 11 is 0. The third-order valence-corrected chi connectivity index (χ3v) is 1.86. The fourth-order valence-corrected chi connectivity index (χ4v) is 1.18. The van der Waals surface area contributed by atoms with Crippen molar-refractivity contribution in [3.63, 3.8) is 0 Å². The van der Waals surface area contributed by atoms with Crippen molar-refractivity contribution >= 4 is 5.91 Å². The lowest BCUT2D eigenvalue weighted by atomic mass is 10.1. The van der Waals surface area contributed by atoms with E-state index in [-0.39, 0.29) is 0 Å². The smallest absolute Gasteiger partial charge is 0.239 e. The van der Waals surface area contributed by atoms with Crippen LogP contribution in [0.25, 0.3) is 0 Å². The lowest BCUT2D eigenvalue weighted by Crippen LogP contribution is -2.28. The largest absolute Gasteiger partial charge is 0.494 e. The summed E-state index contributed by atoms with van der Waals surface area (Å²) in [5.41, 5.74) is 11.4. The molecular formula is C10H14N2O2. The van der Waals surface area contributed by atoms with Gasteiger partial charge in [0.1, 0.15) is 11.8 Å². The van der Waals surface area contributed by atoms with Crippen molar-refractivity contribution in [1.82, 2.24) is 0 Å². The molecule has 1 amide bonds. The SMILES string of the molecule is CCOc1ccccc1C(N)C(N)=O. The number of hydrogen-bond acceptors (Lipinski definition) is 3. The first-order valence-corrected chi connectivity index (χ1v) is 4.43. The first-order chi connectivity index (χ1) is 6.66. The highest BCUT2D eigenvalue weighted by Gasteiger charge is 2.16. The van der Waals surface area contributed by atoms with Crippen LogP contribution in [-0.4, -0.2) is 12.5 Å². The summed E-state index contributed by atoms with van der Waals surface area (Å²) in [6.07, 6.45) is 0. The minimum Gasteiger partial charge on any atom is -0.494 e. The highest BCUT2D eigenvalue weighted by Crippen LogP contribution is 2.23. The summed E-state index contributed by atoms with van der Waals surface area (Å²) in [7, 11) is 0. The topological polar surface area (TPSA) is 78.3 Å². The van der Waals surface area contributed by atoms with Gasteiger partial charge in [-0.3, -0.25) is 4.79 Å². The van der Waals surface area contributed by atoms with E-state index in [1.807, 2.05) is 13.0 Å². The summed E-state index contributed by atoms with van der Waals surface area (Å²) in [4.78, 5) is 10.9. The number of primary amides is 1. The quantitative estimate of drug-likeness (QED) is 0.735. The van der Waals surface area contributed by atoms with E-state index >= 15 is 0 Å². The maximum absolute atomic E-state index is 10.9. The average molecular weight is 194 g/mol. The number of carbonyl (C=O) groups is 1. The molecule has 1 rings (SSSR count). The van der Waals surface area contributed by atoms with Gasteiger partial charge >= 0.3 is 0 Å². The van der Waals surface area contributed by atoms with Gasteiger partial charge in [0.25, 0.3) is 0 Å². The summed E-state index contributed by atoms with van der Waals surface area (Å²) < 4.78 is 5.32. The fraction of sp³-hybridized carbons (Fsp3) is 0.300. The Morgan fingerprint density at radius 1 is 1.50 bits per heavy atom. The van der Waals surface area contributed by atoms with Crippen LogP contribution in [-0.2, 0) is 4.79 Å². The van der Waals surface area contributed by atoms with E-state index in [0.29, 0.717) is 17.9 Å². The number of nitrogens with two attached hydrogens (primary N) is 2. The van der Waals surface area contributed by atoms with E-state index in [9.17, 15) is 4.79 Å². The third-order valence-electron chi connectivity index (χ3n) is 1.86. The molecule has 1 atom stereocenters. The molecule has 0 aromatic heterocycles. The zero-order valence-corrected chi connectivity index (χ0v) is 8.07. The van der Waals surface area contributed by atoms with E-state index in [2.05, 4.69) is 0 Å². The Kier molecular flexibility index (Phi) is 3.48. The molecule has 0 aliphatic rings. The number of carbonyl (C=O) groups excluding carboxylic acids is 1. The lowest BCUT2D eigenvalue weighted by molar-refractivity contribution is -0.119. The number of amides is 1. The van der Waals surface area contributed by atoms with Crippen molar-refractivity contribution < 1.29 is 9.53 Å². The van der Waals surface area contributed by atoms with Gasteiger partial charge in [0, 0.05) is 5.56 Å². The number of hydrogen-bond donors (Lipinski definition) is 2. The molecule has 0 aliphatic heterocycles. The molecule has 0 radical (unpaired) electrons. The van der Waals surface area contributed by atoms with Crippen LogP contribution in [0.3, 0.4) is 0 Å². The monoisotopic (exact) mass is 194 g/mol. The number of ether oxygens (including phenoxy) is 1. The van der Waals surface area contributed by atoms with Crippen LogP contribution in [0.2, 0.25) is 0 Å². The summed E-state index contributed by atoms with van der Waals surface area (Å²) in [5.74, 6) is 0.0541. The molecule has 4 N–H and O–H groups in total. The molecule has 0 bridgehead atoms. The van der Waals surface area contributed by atoms with Crippen molar-refractivity contribution in [2.45, 2.75) is 13.0 Å². The van der Waals surface area contributed by atoms with Crippen molar-refractivity contribution in [3.8, 4) is 5.75 Å². The zero-order chi connectivity index (χ0) is 10.6. The van der Waals surface area contributed by atoms with Gasteiger partial charge in [0.15, 0.2) is 0 Å². The second-order valence-electron chi connectivity index (χ2n) is 2.85. The van der Waals surface area contributed by atoms with Crippen molar-refractivity contribution in [2.75, 3.05) is 6.61 Å². The maximum Gasteiger partial charge on any atom is 0.239 e. The molecule has 1 aromatic rings. The van der Waals surface area contributed by atoms with Gasteiger partial charge in [-0.05, 0) is 13.0 Å². The molecule has 4 nitrogen and oxygen atoms in total. The average Bonchev–Trinajstić information content (AvgIpc) is 2.18. The molecule has 0 spiro atoms. The maximum atomic E-state index is 10.9. The van der Waals surface area contributed by atoms with E-state index in [4.69, 9.17) is 16.2 Å². The molecule has 14 heavy (non-hydrogen) atoms. The molecular weight excluding hydrogens is 180 g/mol. The van der Waals surface area contributed by atoms with E-state index in [0.717, 1.165) is 0 Å². The molecule has 76 valence electrons. The standard InChI is InChI=1S/C10H14N2O2/c1-2-14-8-6-4-3-5-7(8)9(11)10(12)13/h3-6,9H,2,11H2,1H3,(H2,12,13). The number of rotatable bonds is 4. The predicted octanol–water partition coefficient (Wildman–Crippen LogP) is 0.570. The van der Waals surface area contributed by atoms with Gasteiger partial charge in [-0.25, -0.2) is 0 Å². The zero-order valence-electron chi connectivity index (χ0n) is 8.07. The van der Waals surface area contributed by atoms with E-state index in [1.165, 1.54) is 0 Å². The van der Waals surface area contributed by atoms with Crippen LogP contribution in [0.5, 0.6) is 5.75 Å². The van der Waals surface area contributed by atoms with Crippen molar-refractivity contribution in [2.24, 2.45) is 11.5 Å². The minimum atomic E-state index is -0.808. The van der Waals surface area contributed by atoms with Gasteiger partial charge in [0.05, 0.1) is 6.61 Å². The summed E-state index contributed by atoms with van der Waals surface area (Å²) in [6, 6.07) is 6.31. The number of benzene rings is 1. The molecule has 0 aliphatic carbocycles. The Balaban J connectivity index is 3.00. The Morgan fingerprint density at radius 2 is 2.14 bits per heavy atom. The van der Waals surface area contributed by atoms with Crippen LogP contribution in [0.1, 0.15) is 18.5 Å². The first-order valence-electron chi connectivity index (χ1n) is 4.43. The predicted molar refractivity (Wildman–Crippen MR) is 53.7 cm³/mol. The molecule has 0 saturated carbocycles. The van der Waals surface area contributed by atoms with Crippen LogP contribution in [0.4, 0.5) is 0 Å². The number of para-hydroxylation sites is 1. The molecule has 0 saturated heterocycles. The van der Waals surface area contributed by atoms with Crippen molar-refractivity contribution in [1.29, 1.82) is 0 Å². The van der Waals surface area contributed by atoms with Gasteiger partial charge in [-0.1, -0.05) is 18.2 Å². The first kappa shape index (κ1) is 10.5. The Morgan fingerprint density at radius 3 is 2.71 bits per heavy atom. The van der Waals surface area contributed by atoms with Gasteiger partial charge < -0.3 is 16.2 Å². The Bertz CT molecular complexity index is 326. The second-order valence-corrected chi connectivity index (χ2v) is 2.85. The second kappa shape index (κ2) is 4.62. The van der Waals surface area contributed by atoms with Gasteiger partial charge in [0.2, 0.25) is 5.91 Å². The normalized spacial score (nSPS) is 12.1. The molecule has 0 fully saturated rings. The highest BCUT2D eigenvalue weighted by molar-refractivity contribution is 5.82. The Hall–Kier alpha value is -1.55. The van der Waals surface area contributed by atoms with Crippen molar-refractivity contribution in [3.05, 3.63) is 29.8 Å². The summed E-state index contributed by atoms with van der Waals surface area (Å²) in [5, 5.41) is 0. The van der Waals surface area contributed by atoms with Gasteiger partial charge in [-0.2, -0.15) is 0 Å². The van der Waals surface area contributed by atoms with Gasteiger partial charge in [-0.15, -0.1) is 0 Å². The molecule has 0 heterocycles. The van der Waals surface area contributed by atoms with E-state index < -0.39 is 11.9 Å². The fourth-order valence-electron chi connectivity index (χ4n) is 1.18. The molecule has 4 heteroatoms.